The fourth-order valence-corrected chi connectivity index (χ4v) is 8.91. The molecule has 3 fully saturated rings. The van der Waals surface area contributed by atoms with Crippen LogP contribution in [0.15, 0.2) is 23.8 Å². The summed E-state index contributed by atoms with van der Waals surface area (Å²) in [6.45, 7) is 15.6. The number of allylic oxidation sites excluding steroid dienone is 3. The topological polar surface area (TPSA) is 46.5 Å². The molecule has 0 bridgehead atoms. The van der Waals surface area contributed by atoms with Crippen LogP contribution in [0.1, 0.15) is 93.4 Å². The van der Waals surface area contributed by atoms with E-state index in [0.29, 0.717) is 47.3 Å². The number of rotatable bonds is 5. The molecule has 4 aliphatic rings. The van der Waals surface area contributed by atoms with E-state index in [9.17, 15) is 9.90 Å². The monoisotopic (exact) mass is 490 g/mol. The quantitative estimate of drug-likeness (QED) is 0.249. The van der Waals surface area contributed by atoms with E-state index >= 15 is 0 Å². The van der Waals surface area contributed by atoms with E-state index < -0.39 is 11.0 Å². The SMILES string of the molecule is CC(=O)OC1CC[C@]2(C)[C@@H]3CC[C@@]4(C)[C@H](CC[C@@H]4[C@@H](C)/C=C/[C@@H](C)C(C)C)C3=C[C@@H](Cl)[C@]2(O)C1. The predicted octanol–water partition coefficient (Wildman–Crippen LogP) is 7.31. The summed E-state index contributed by atoms with van der Waals surface area (Å²) in [5.41, 5.74) is 0.527. The summed E-state index contributed by atoms with van der Waals surface area (Å²) >= 11 is 7.01. The number of carbonyl (C=O) groups excluding carboxylic acids is 1. The summed E-state index contributed by atoms with van der Waals surface area (Å²) in [5.74, 6) is 3.22. The van der Waals surface area contributed by atoms with Gasteiger partial charge in [-0.15, -0.1) is 11.6 Å². The van der Waals surface area contributed by atoms with E-state index in [1.807, 2.05) is 0 Å². The van der Waals surface area contributed by atoms with E-state index in [2.05, 4.69) is 59.8 Å². The molecule has 0 saturated heterocycles. The maximum atomic E-state index is 12.0. The minimum atomic E-state index is -1.03. The van der Waals surface area contributed by atoms with Crippen LogP contribution in [0.2, 0.25) is 0 Å². The lowest BCUT2D eigenvalue weighted by Gasteiger charge is -2.62. The Balaban J connectivity index is 1.59. The van der Waals surface area contributed by atoms with Crippen molar-refractivity contribution in [2.45, 2.75) is 110 Å². The van der Waals surface area contributed by atoms with Gasteiger partial charge in [-0.2, -0.15) is 0 Å². The minimum Gasteiger partial charge on any atom is -0.462 e. The molecule has 0 aromatic carbocycles. The van der Waals surface area contributed by atoms with Crippen LogP contribution in [-0.2, 0) is 9.53 Å². The number of hydrogen-bond acceptors (Lipinski definition) is 3. The second-order valence-corrected chi connectivity index (χ2v) is 13.5. The van der Waals surface area contributed by atoms with Crippen molar-refractivity contribution in [3.8, 4) is 0 Å². The zero-order chi connectivity index (χ0) is 25.1. The Hall–Kier alpha value is -0.800. The predicted molar refractivity (Wildman–Crippen MR) is 140 cm³/mol. The van der Waals surface area contributed by atoms with Crippen molar-refractivity contribution in [2.24, 2.45) is 46.3 Å². The lowest BCUT2D eigenvalue weighted by Crippen LogP contribution is -2.64. The summed E-state index contributed by atoms with van der Waals surface area (Å²) in [4.78, 5) is 11.6. The Labute approximate surface area is 212 Å². The van der Waals surface area contributed by atoms with Crippen LogP contribution >= 0.6 is 11.6 Å². The first-order valence-corrected chi connectivity index (χ1v) is 14.2. The summed E-state index contributed by atoms with van der Waals surface area (Å²) < 4.78 is 5.53. The molecule has 192 valence electrons. The molecular formula is C30H47ClO3. The number of carbonyl (C=O) groups is 1. The highest BCUT2D eigenvalue weighted by Crippen LogP contribution is 2.68. The first-order valence-electron chi connectivity index (χ1n) is 13.8. The third-order valence-corrected chi connectivity index (χ3v) is 11.5. The van der Waals surface area contributed by atoms with E-state index in [-0.39, 0.29) is 17.5 Å². The smallest absolute Gasteiger partial charge is 0.302 e. The molecule has 0 amide bonds. The standard InChI is InChI=1S/C30H47ClO3/c1-18(2)19(3)8-9-20(4)24-10-11-25-23-16-27(31)30(33)17-22(34-21(5)32)12-15-29(30,7)26(23)13-14-28(24,25)6/h8-9,16,18-20,22,24-27,33H,10-15,17H2,1-7H3/b9-8+/t19-,20+,22?,24-,25-,26-,27-,28-,29-,30-/m1/s1. The Morgan fingerprint density at radius 1 is 1.09 bits per heavy atom. The number of fused-ring (bicyclic) bond motifs is 5. The van der Waals surface area contributed by atoms with Crippen molar-refractivity contribution in [2.75, 3.05) is 0 Å². The fraction of sp³-hybridized carbons (Fsp3) is 0.833. The van der Waals surface area contributed by atoms with Gasteiger partial charge in [0.1, 0.15) is 6.10 Å². The third kappa shape index (κ3) is 4.11. The summed E-state index contributed by atoms with van der Waals surface area (Å²) in [5, 5.41) is 11.5. The van der Waals surface area contributed by atoms with Gasteiger partial charge in [0.2, 0.25) is 0 Å². The molecule has 10 atom stereocenters. The zero-order valence-corrected chi connectivity index (χ0v) is 23.2. The molecular weight excluding hydrogens is 444 g/mol. The molecule has 0 heterocycles. The van der Waals surface area contributed by atoms with E-state index in [1.165, 1.54) is 31.8 Å². The van der Waals surface area contributed by atoms with Gasteiger partial charge in [-0.1, -0.05) is 65.3 Å². The van der Waals surface area contributed by atoms with Crippen molar-refractivity contribution in [1.82, 2.24) is 0 Å². The van der Waals surface area contributed by atoms with E-state index in [1.54, 1.807) is 0 Å². The molecule has 0 aromatic rings. The molecule has 3 nitrogen and oxygen atoms in total. The van der Waals surface area contributed by atoms with Gasteiger partial charge in [0.15, 0.2) is 0 Å². The van der Waals surface area contributed by atoms with Crippen LogP contribution in [0, 0.1) is 46.3 Å². The molecule has 34 heavy (non-hydrogen) atoms. The van der Waals surface area contributed by atoms with Gasteiger partial charge in [-0.25, -0.2) is 0 Å². The lowest BCUT2D eigenvalue weighted by molar-refractivity contribution is -0.182. The number of alkyl halides is 1. The van der Waals surface area contributed by atoms with Crippen molar-refractivity contribution in [3.05, 3.63) is 23.8 Å². The number of esters is 1. The molecule has 1 unspecified atom stereocenters. The Morgan fingerprint density at radius 3 is 2.44 bits per heavy atom. The third-order valence-electron chi connectivity index (χ3n) is 11.0. The summed E-state index contributed by atoms with van der Waals surface area (Å²) in [6.07, 6.45) is 13.9. The van der Waals surface area contributed by atoms with Crippen molar-refractivity contribution in [3.63, 3.8) is 0 Å². The van der Waals surface area contributed by atoms with Crippen LogP contribution in [0.4, 0.5) is 0 Å². The maximum Gasteiger partial charge on any atom is 0.302 e. The second-order valence-electron chi connectivity index (χ2n) is 13.1. The molecule has 3 saturated carbocycles. The van der Waals surface area contributed by atoms with E-state index in [4.69, 9.17) is 16.3 Å². The lowest BCUT2D eigenvalue weighted by atomic mass is 9.46. The molecule has 0 radical (unpaired) electrons. The number of ether oxygens (including phenoxy) is 1. The van der Waals surface area contributed by atoms with Crippen molar-refractivity contribution >= 4 is 17.6 Å². The van der Waals surface area contributed by atoms with Crippen LogP contribution in [0.3, 0.4) is 0 Å². The molecule has 1 N–H and O–H groups in total. The number of aliphatic hydroxyl groups is 1. The zero-order valence-electron chi connectivity index (χ0n) is 22.4. The number of hydrogen-bond donors (Lipinski definition) is 1. The Kier molecular flexibility index (Phi) is 7.15. The van der Waals surface area contributed by atoms with Crippen molar-refractivity contribution < 1.29 is 14.6 Å². The molecule has 4 heteroatoms. The van der Waals surface area contributed by atoms with Crippen LogP contribution in [0.5, 0.6) is 0 Å². The average molecular weight is 491 g/mol. The van der Waals surface area contributed by atoms with Gasteiger partial charge < -0.3 is 9.84 Å². The summed E-state index contributed by atoms with van der Waals surface area (Å²) in [7, 11) is 0. The normalized spacial score (nSPS) is 45.8. The highest BCUT2D eigenvalue weighted by Gasteiger charge is 2.65. The molecule has 0 aromatic heterocycles. The van der Waals surface area contributed by atoms with E-state index in [0.717, 1.165) is 19.3 Å². The molecule has 4 rings (SSSR count). The van der Waals surface area contributed by atoms with Gasteiger partial charge in [0, 0.05) is 18.8 Å². The van der Waals surface area contributed by atoms with Crippen LogP contribution < -0.4 is 0 Å². The van der Waals surface area contributed by atoms with Gasteiger partial charge in [-0.3, -0.25) is 4.79 Å². The van der Waals surface area contributed by atoms with Gasteiger partial charge in [-0.05, 0) is 79.4 Å². The average Bonchev–Trinajstić information content (AvgIpc) is 3.11. The first-order chi connectivity index (χ1) is 15.8. The van der Waals surface area contributed by atoms with Crippen molar-refractivity contribution in [1.29, 1.82) is 0 Å². The Bertz CT molecular complexity index is 848. The second kappa shape index (κ2) is 9.25. The van der Waals surface area contributed by atoms with Crippen LogP contribution in [-0.4, -0.2) is 28.2 Å². The highest BCUT2D eigenvalue weighted by atomic mass is 35.5. The minimum absolute atomic E-state index is 0.239. The van der Waals surface area contributed by atoms with Gasteiger partial charge in [0.25, 0.3) is 0 Å². The molecule has 0 spiro atoms. The summed E-state index contributed by atoms with van der Waals surface area (Å²) in [6, 6.07) is 0. The Morgan fingerprint density at radius 2 is 1.79 bits per heavy atom. The van der Waals surface area contributed by atoms with Gasteiger partial charge in [0.05, 0.1) is 11.0 Å². The van der Waals surface area contributed by atoms with Crippen LogP contribution in [0.25, 0.3) is 0 Å². The fourth-order valence-electron chi connectivity index (χ4n) is 8.43. The van der Waals surface area contributed by atoms with Gasteiger partial charge >= 0.3 is 5.97 Å². The molecule has 4 aliphatic carbocycles. The maximum absolute atomic E-state index is 12.0. The largest absolute Gasteiger partial charge is 0.462 e. The highest BCUT2D eigenvalue weighted by molar-refractivity contribution is 6.22. The molecule has 0 aliphatic heterocycles. The first kappa shape index (κ1) is 26.3. The number of halogens is 1.